The van der Waals surface area contributed by atoms with Crippen molar-refractivity contribution in [2.45, 2.75) is 49.5 Å². The van der Waals surface area contributed by atoms with E-state index in [1.54, 1.807) is 0 Å². The fourth-order valence-electron chi connectivity index (χ4n) is 2.25. The van der Waals surface area contributed by atoms with Crippen molar-refractivity contribution < 1.29 is 4.52 Å². The first-order valence-electron chi connectivity index (χ1n) is 7.03. The van der Waals surface area contributed by atoms with E-state index in [0.29, 0.717) is 16.4 Å². The van der Waals surface area contributed by atoms with Gasteiger partial charge in [0.2, 0.25) is 5.89 Å². The van der Waals surface area contributed by atoms with Gasteiger partial charge in [0.25, 0.3) is 0 Å². The number of hydrogen-bond acceptors (Lipinski definition) is 6. The SMILES string of the molecule is CCC1SCCSC1c1noc(C(C)CCCN)n1. The van der Waals surface area contributed by atoms with Crippen molar-refractivity contribution in [3.8, 4) is 0 Å². The molecule has 3 atom stereocenters. The van der Waals surface area contributed by atoms with Crippen molar-refractivity contribution in [1.29, 1.82) is 0 Å². The van der Waals surface area contributed by atoms with Crippen LogP contribution in [0.5, 0.6) is 0 Å². The average molecular weight is 301 g/mol. The summed E-state index contributed by atoms with van der Waals surface area (Å²) in [5.41, 5.74) is 5.54. The predicted molar refractivity (Wildman–Crippen MR) is 82.7 cm³/mol. The molecule has 4 nitrogen and oxygen atoms in total. The monoisotopic (exact) mass is 301 g/mol. The van der Waals surface area contributed by atoms with Gasteiger partial charge in [0.05, 0.1) is 5.25 Å². The maximum atomic E-state index is 5.54. The van der Waals surface area contributed by atoms with Crippen molar-refractivity contribution in [2.75, 3.05) is 18.1 Å². The Labute approximate surface area is 123 Å². The second-order valence-corrected chi connectivity index (χ2v) is 7.53. The van der Waals surface area contributed by atoms with Gasteiger partial charge in [-0.1, -0.05) is 19.0 Å². The minimum absolute atomic E-state index is 0.311. The highest BCUT2D eigenvalue weighted by Crippen LogP contribution is 2.43. The van der Waals surface area contributed by atoms with Crippen LogP contribution in [0.25, 0.3) is 0 Å². The molecule has 1 aliphatic heterocycles. The van der Waals surface area contributed by atoms with Crippen molar-refractivity contribution in [3.63, 3.8) is 0 Å². The van der Waals surface area contributed by atoms with Gasteiger partial charge >= 0.3 is 0 Å². The zero-order valence-corrected chi connectivity index (χ0v) is 13.3. The van der Waals surface area contributed by atoms with Crippen LogP contribution in [-0.4, -0.2) is 33.4 Å². The molecule has 19 heavy (non-hydrogen) atoms. The lowest BCUT2D eigenvalue weighted by Gasteiger charge is -2.27. The van der Waals surface area contributed by atoms with E-state index in [0.717, 1.165) is 37.5 Å². The highest BCUT2D eigenvalue weighted by atomic mass is 32.2. The molecule has 108 valence electrons. The molecule has 0 aromatic carbocycles. The van der Waals surface area contributed by atoms with E-state index in [1.165, 1.54) is 11.5 Å². The van der Waals surface area contributed by atoms with Gasteiger partial charge in [0.15, 0.2) is 5.82 Å². The maximum Gasteiger partial charge on any atom is 0.229 e. The van der Waals surface area contributed by atoms with E-state index in [1.807, 2.05) is 23.5 Å². The first-order valence-corrected chi connectivity index (χ1v) is 9.12. The van der Waals surface area contributed by atoms with Crippen LogP contribution in [0.2, 0.25) is 0 Å². The summed E-state index contributed by atoms with van der Waals surface area (Å²) >= 11 is 4.00. The maximum absolute atomic E-state index is 5.54. The molecule has 0 saturated carbocycles. The summed E-state index contributed by atoms with van der Waals surface area (Å²) in [4.78, 5) is 4.63. The molecular weight excluding hydrogens is 278 g/mol. The normalized spacial score (nSPS) is 25.4. The van der Waals surface area contributed by atoms with E-state index in [4.69, 9.17) is 10.3 Å². The zero-order valence-electron chi connectivity index (χ0n) is 11.7. The topological polar surface area (TPSA) is 64.9 Å². The molecule has 6 heteroatoms. The Kier molecular flexibility index (Phi) is 6.04. The minimum atomic E-state index is 0.311. The van der Waals surface area contributed by atoms with Crippen LogP contribution in [0.15, 0.2) is 4.52 Å². The molecule has 0 radical (unpaired) electrons. The number of aromatic nitrogens is 2. The quantitative estimate of drug-likeness (QED) is 0.870. The van der Waals surface area contributed by atoms with Crippen LogP contribution in [0.3, 0.4) is 0 Å². The summed E-state index contributed by atoms with van der Waals surface area (Å²) in [6, 6.07) is 0. The van der Waals surface area contributed by atoms with Gasteiger partial charge in [-0.2, -0.15) is 16.7 Å². The van der Waals surface area contributed by atoms with Gasteiger partial charge < -0.3 is 10.3 Å². The number of hydrogen-bond donors (Lipinski definition) is 1. The van der Waals surface area contributed by atoms with E-state index in [9.17, 15) is 0 Å². The smallest absolute Gasteiger partial charge is 0.229 e. The molecule has 2 rings (SSSR count). The molecule has 2 N–H and O–H groups in total. The minimum Gasteiger partial charge on any atom is -0.339 e. The second-order valence-electron chi connectivity index (χ2n) is 4.93. The summed E-state index contributed by atoms with van der Waals surface area (Å²) in [7, 11) is 0. The standard InChI is InChI=1S/C13H23N3OS2/c1-3-10-11(19-8-7-18-10)12-15-13(17-16-12)9(2)5-4-6-14/h9-11H,3-8,14H2,1-2H3. The fraction of sp³-hybridized carbons (Fsp3) is 0.846. The average Bonchev–Trinajstić information content (AvgIpc) is 2.94. The Hall–Kier alpha value is -0.200. The number of thioether (sulfide) groups is 2. The van der Waals surface area contributed by atoms with Gasteiger partial charge in [-0.3, -0.25) is 0 Å². The van der Waals surface area contributed by atoms with Gasteiger partial charge in [0, 0.05) is 22.7 Å². The van der Waals surface area contributed by atoms with E-state index in [-0.39, 0.29) is 0 Å². The predicted octanol–water partition coefficient (Wildman–Crippen LogP) is 3.21. The highest BCUT2D eigenvalue weighted by Gasteiger charge is 2.30. The lowest BCUT2D eigenvalue weighted by molar-refractivity contribution is 0.348. The molecule has 1 saturated heterocycles. The fourth-order valence-corrected chi connectivity index (χ4v) is 5.23. The molecule has 0 bridgehead atoms. The molecule has 3 unspecified atom stereocenters. The van der Waals surface area contributed by atoms with Crippen LogP contribution in [0.4, 0.5) is 0 Å². The Bertz CT molecular complexity index is 386. The first-order chi connectivity index (χ1) is 9.26. The van der Waals surface area contributed by atoms with Crippen LogP contribution in [-0.2, 0) is 0 Å². The molecule has 0 spiro atoms. The molecule has 2 heterocycles. The Morgan fingerprint density at radius 1 is 1.42 bits per heavy atom. The highest BCUT2D eigenvalue weighted by molar-refractivity contribution is 8.06. The summed E-state index contributed by atoms with van der Waals surface area (Å²) < 4.78 is 5.45. The molecule has 1 aromatic heterocycles. The molecule has 1 aliphatic rings. The lowest BCUT2D eigenvalue weighted by atomic mass is 10.1. The van der Waals surface area contributed by atoms with E-state index >= 15 is 0 Å². The van der Waals surface area contributed by atoms with Crippen molar-refractivity contribution in [3.05, 3.63) is 11.7 Å². The summed E-state index contributed by atoms with van der Waals surface area (Å²) in [5.74, 6) is 4.38. The second kappa shape index (κ2) is 7.55. The number of rotatable bonds is 6. The summed E-state index contributed by atoms with van der Waals surface area (Å²) in [6.45, 7) is 5.09. The third-order valence-electron chi connectivity index (χ3n) is 3.43. The number of nitrogens with zero attached hydrogens (tertiary/aromatic N) is 2. The molecule has 1 fully saturated rings. The Morgan fingerprint density at radius 3 is 2.95 bits per heavy atom. The number of nitrogens with two attached hydrogens (primary N) is 1. The molecule has 0 aliphatic carbocycles. The zero-order chi connectivity index (χ0) is 13.7. The third kappa shape index (κ3) is 3.89. The molecular formula is C13H23N3OS2. The largest absolute Gasteiger partial charge is 0.339 e. The van der Waals surface area contributed by atoms with Crippen LogP contribution >= 0.6 is 23.5 Å². The van der Waals surface area contributed by atoms with E-state index < -0.39 is 0 Å². The van der Waals surface area contributed by atoms with Crippen LogP contribution < -0.4 is 5.73 Å². The molecule has 1 aromatic rings. The van der Waals surface area contributed by atoms with Gasteiger partial charge in [-0.05, 0) is 25.8 Å². The lowest BCUT2D eigenvalue weighted by Crippen LogP contribution is -2.19. The van der Waals surface area contributed by atoms with E-state index in [2.05, 4.69) is 24.0 Å². The molecule has 0 amide bonds. The van der Waals surface area contributed by atoms with Crippen molar-refractivity contribution in [2.24, 2.45) is 5.73 Å². The van der Waals surface area contributed by atoms with Crippen molar-refractivity contribution >= 4 is 23.5 Å². The van der Waals surface area contributed by atoms with Gasteiger partial charge in [-0.15, -0.1) is 11.8 Å². The Balaban J connectivity index is 2.02. The first kappa shape index (κ1) is 15.2. The summed E-state index contributed by atoms with van der Waals surface area (Å²) in [6.07, 6.45) is 3.18. The van der Waals surface area contributed by atoms with Gasteiger partial charge in [-0.25, -0.2) is 0 Å². The van der Waals surface area contributed by atoms with Crippen molar-refractivity contribution in [1.82, 2.24) is 10.1 Å². The van der Waals surface area contributed by atoms with Crippen LogP contribution in [0, 0.1) is 0 Å². The van der Waals surface area contributed by atoms with Crippen LogP contribution in [0.1, 0.15) is 56.0 Å². The third-order valence-corrected chi connectivity index (χ3v) is 6.67. The van der Waals surface area contributed by atoms with Gasteiger partial charge in [0.1, 0.15) is 0 Å². The summed E-state index contributed by atoms with van der Waals surface area (Å²) in [5, 5.41) is 5.22. The Morgan fingerprint density at radius 2 is 2.21 bits per heavy atom.